The molecule has 0 aromatic carbocycles. The molecule has 1 aliphatic heterocycles. The average Bonchev–Trinajstić information content (AvgIpc) is 2.66. The molecule has 2 unspecified atom stereocenters. The lowest BCUT2D eigenvalue weighted by Gasteiger charge is -2.28. The van der Waals surface area contributed by atoms with Gasteiger partial charge in [0.05, 0.1) is 0 Å². The number of carbonyl (C=O) groups excluding carboxylic acids is 1. The van der Waals surface area contributed by atoms with Gasteiger partial charge in [-0.25, -0.2) is 0 Å². The highest BCUT2D eigenvalue weighted by molar-refractivity contribution is 5.76. The van der Waals surface area contributed by atoms with Gasteiger partial charge in [-0.15, -0.1) is 0 Å². The maximum atomic E-state index is 10.9. The van der Waals surface area contributed by atoms with Gasteiger partial charge in [-0.3, -0.25) is 9.69 Å². The van der Waals surface area contributed by atoms with Crippen molar-refractivity contribution in [3.05, 3.63) is 0 Å². The van der Waals surface area contributed by atoms with Gasteiger partial charge in [0.1, 0.15) is 0 Å². The monoisotopic (exact) mass is 199 g/mol. The van der Waals surface area contributed by atoms with Gasteiger partial charge in [0, 0.05) is 25.0 Å². The van der Waals surface area contributed by atoms with Crippen molar-refractivity contribution >= 4 is 5.91 Å². The molecule has 1 heterocycles. The number of hydrogen-bond donors (Lipinski definition) is 2. The summed E-state index contributed by atoms with van der Waals surface area (Å²) >= 11 is 0. The first-order valence-electron chi connectivity index (χ1n) is 5.39. The molecule has 1 saturated heterocycles. The van der Waals surface area contributed by atoms with Crippen molar-refractivity contribution in [3.63, 3.8) is 0 Å². The molecule has 1 aliphatic rings. The molecular weight excluding hydrogens is 178 g/mol. The molecule has 4 heteroatoms. The normalized spacial score (nSPS) is 24.1. The van der Waals surface area contributed by atoms with E-state index >= 15 is 0 Å². The van der Waals surface area contributed by atoms with E-state index in [1.807, 2.05) is 6.92 Å². The molecule has 0 aromatic rings. The van der Waals surface area contributed by atoms with Crippen molar-refractivity contribution in [1.82, 2.24) is 10.2 Å². The molecule has 14 heavy (non-hydrogen) atoms. The summed E-state index contributed by atoms with van der Waals surface area (Å²) in [6, 6.07) is 0.585. The summed E-state index contributed by atoms with van der Waals surface area (Å²) in [7, 11) is 0. The minimum Gasteiger partial charge on any atom is -0.369 e. The van der Waals surface area contributed by atoms with Gasteiger partial charge in [-0.2, -0.15) is 0 Å². The zero-order valence-corrected chi connectivity index (χ0v) is 9.12. The van der Waals surface area contributed by atoms with Crippen molar-refractivity contribution in [1.29, 1.82) is 0 Å². The van der Waals surface area contributed by atoms with Crippen LogP contribution in [0.1, 0.15) is 20.3 Å². The van der Waals surface area contributed by atoms with Gasteiger partial charge in [0.2, 0.25) is 5.91 Å². The smallest absolute Gasteiger partial charge is 0.221 e. The Kier molecular flexibility index (Phi) is 4.35. The zero-order chi connectivity index (χ0) is 10.6. The summed E-state index contributed by atoms with van der Waals surface area (Å²) in [5, 5.41) is 3.33. The van der Waals surface area contributed by atoms with Crippen LogP contribution in [0.25, 0.3) is 0 Å². The quantitative estimate of drug-likeness (QED) is 0.644. The van der Waals surface area contributed by atoms with Crippen LogP contribution in [0.15, 0.2) is 0 Å². The second-order valence-electron chi connectivity index (χ2n) is 4.04. The molecule has 82 valence electrons. The molecule has 1 rings (SSSR count). The number of nitrogens with one attached hydrogen (secondary N) is 1. The highest BCUT2D eigenvalue weighted by Gasteiger charge is 2.23. The van der Waals surface area contributed by atoms with E-state index in [4.69, 9.17) is 5.73 Å². The molecule has 3 N–H and O–H groups in total. The van der Waals surface area contributed by atoms with Crippen LogP contribution in [0.5, 0.6) is 0 Å². The van der Waals surface area contributed by atoms with E-state index in [1.54, 1.807) is 0 Å². The van der Waals surface area contributed by atoms with Gasteiger partial charge in [-0.05, 0) is 19.5 Å². The number of primary amides is 1. The number of hydrogen-bond acceptors (Lipinski definition) is 3. The van der Waals surface area contributed by atoms with E-state index in [2.05, 4.69) is 17.1 Å². The van der Waals surface area contributed by atoms with Crippen LogP contribution in [0, 0.1) is 5.92 Å². The minimum atomic E-state index is -0.200. The highest BCUT2D eigenvalue weighted by Crippen LogP contribution is 2.10. The summed E-state index contributed by atoms with van der Waals surface area (Å²) in [5.74, 6) is -0.245. The maximum Gasteiger partial charge on any atom is 0.221 e. The molecular formula is C10H21N3O. The maximum absolute atomic E-state index is 10.9. The fraction of sp³-hybridized carbons (Fsp3) is 0.900. The standard InChI is InChI=1S/C10H21N3O/c1-3-13(7-8(2)10(11)14)9-4-5-12-6-9/h8-9,12H,3-7H2,1-2H3,(H2,11,14). The van der Waals surface area contributed by atoms with E-state index in [9.17, 15) is 4.79 Å². The molecule has 0 spiro atoms. The van der Waals surface area contributed by atoms with Crippen molar-refractivity contribution in [2.24, 2.45) is 11.7 Å². The lowest BCUT2D eigenvalue weighted by molar-refractivity contribution is -0.122. The molecule has 1 fully saturated rings. The number of likely N-dealkylation sites (N-methyl/N-ethyl adjacent to an activating group) is 1. The molecule has 0 aromatic heterocycles. The first kappa shape index (κ1) is 11.5. The van der Waals surface area contributed by atoms with Crippen LogP contribution in [-0.2, 0) is 4.79 Å². The highest BCUT2D eigenvalue weighted by atomic mass is 16.1. The fourth-order valence-electron chi connectivity index (χ4n) is 1.93. The van der Waals surface area contributed by atoms with Gasteiger partial charge in [0.15, 0.2) is 0 Å². The van der Waals surface area contributed by atoms with Crippen LogP contribution in [-0.4, -0.2) is 43.0 Å². The average molecular weight is 199 g/mol. The third kappa shape index (κ3) is 2.96. The van der Waals surface area contributed by atoms with Crippen LogP contribution in [0.4, 0.5) is 0 Å². The Morgan fingerprint density at radius 3 is 2.86 bits per heavy atom. The van der Waals surface area contributed by atoms with Crippen molar-refractivity contribution in [2.75, 3.05) is 26.2 Å². The fourth-order valence-corrected chi connectivity index (χ4v) is 1.93. The summed E-state index contributed by atoms with van der Waals surface area (Å²) in [6.07, 6.45) is 1.18. The Morgan fingerprint density at radius 1 is 1.71 bits per heavy atom. The topological polar surface area (TPSA) is 58.4 Å². The summed E-state index contributed by atoms with van der Waals surface area (Å²) in [5.41, 5.74) is 5.26. The first-order chi connectivity index (χ1) is 6.65. The largest absolute Gasteiger partial charge is 0.369 e. The first-order valence-corrected chi connectivity index (χ1v) is 5.39. The number of carbonyl (C=O) groups is 1. The third-order valence-electron chi connectivity index (χ3n) is 2.95. The van der Waals surface area contributed by atoms with Crippen LogP contribution < -0.4 is 11.1 Å². The number of nitrogens with two attached hydrogens (primary N) is 1. The Hall–Kier alpha value is -0.610. The number of nitrogens with zero attached hydrogens (tertiary/aromatic N) is 1. The second-order valence-corrected chi connectivity index (χ2v) is 4.04. The molecule has 1 amide bonds. The van der Waals surface area contributed by atoms with Gasteiger partial charge >= 0.3 is 0 Å². The van der Waals surface area contributed by atoms with Gasteiger partial charge < -0.3 is 11.1 Å². The lowest BCUT2D eigenvalue weighted by Crippen LogP contribution is -2.42. The van der Waals surface area contributed by atoms with Crippen LogP contribution in [0.3, 0.4) is 0 Å². The zero-order valence-electron chi connectivity index (χ0n) is 9.12. The van der Waals surface area contributed by atoms with E-state index in [1.165, 1.54) is 6.42 Å². The SMILES string of the molecule is CCN(CC(C)C(N)=O)C1CCNC1. The molecule has 0 bridgehead atoms. The van der Waals surface area contributed by atoms with Crippen LogP contribution >= 0.6 is 0 Å². The molecule has 2 atom stereocenters. The lowest BCUT2D eigenvalue weighted by atomic mass is 10.1. The van der Waals surface area contributed by atoms with E-state index < -0.39 is 0 Å². The molecule has 0 radical (unpaired) electrons. The second kappa shape index (κ2) is 5.32. The summed E-state index contributed by atoms with van der Waals surface area (Å²) < 4.78 is 0. The molecule has 4 nitrogen and oxygen atoms in total. The summed E-state index contributed by atoms with van der Waals surface area (Å²) in [6.45, 7) is 7.94. The Bertz CT molecular complexity index is 190. The van der Waals surface area contributed by atoms with Gasteiger partial charge in [-0.1, -0.05) is 13.8 Å². The molecule has 0 saturated carbocycles. The van der Waals surface area contributed by atoms with E-state index in [0.717, 1.165) is 26.2 Å². The third-order valence-corrected chi connectivity index (χ3v) is 2.95. The summed E-state index contributed by atoms with van der Waals surface area (Å²) in [4.78, 5) is 13.3. The Balaban J connectivity index is 2.41. The Labute approximate surface area is 85.8 Å². The van der Waals surface area contributed by atoms with Crippen molar-refractivity contribution in [3.8, 4) is 0 Å². The van der Waals surface area contributed by atoms with E-state index in [-0.39, 0.29) is 11.8 Å². The van der Waals surface area contributed by atoms with Gasteiger partial charge in [0.25, 0.3) is 0 Å². The number of amides is 1. The van der Waals surface area contributed by atoms with Crippen LogP contribution in [0.2, 0.25) is 0 Å². The van der Waals surface area contributed by atoms with Crippen molar-refractivity contribution in [2.45, 2.75) is 26.3 Å². The predicted molar refractivity (Wildman–Crippen MR) is 56.9 cm³/mol. The van der Waals surface area contributed by atoms with Crippen molar-refractivity contribution < 1.29 is 4.79 Å². The molecule has 0 aliphatic carbocycles. The predicted octanol–water partition coefficient (Wildman–Crippen LogP) is -0.208. The Morgan fingerprint density at radius 2 is 2.43 bits per heavy atom. The minimum absolute atomic E-state index is 0.0458. The van der Waals surface area contributed by atoms with E-state index in [0.29, 0.717) is 6.04 Å². The number of rotatable bonds is 5.